The minimum absolute atomic E-state index is 0.00872. The van der Waals surface area contributed by atoms with Gasteiger partial charge in [0.05, 0.1) is 0 Å². The molecular weight excluding hydrogens is 416 g/mol. The molecule has 1 aliphatic heterocycles. The van der Waals surface area contributed by atoms with E-state index in [1.54, 1.807) is 11.1 Å². The maximum atomic E-state index is 13.2. The Labute approximate surface area is 173 Å². The standard InChI is InChI=1S/C23H23BrN2O2/c1-14-5-4-6-15(9-14)17-10-21(28)26(20-8-7-16(24)13-25-20)18-11-23(2,3)12-19(27)22(17)18/h4-9,13,17H,10-12H2,1-3H3. The predicted octanol–water partition coefficient (Wildman–Crippen LogP) is 5.32. The number of carbonyl (C=O) groups excluding carboxylic acids is 2. The SMILES string of the molecule is Cc1cccc(C2CC(=O)N(c3ccc(Br)cn3)C3=C2C(=O)CC(C)(C)C3)c1. The number of hydrogen-bond acceptors (Lipinski definition) is 3. The number of rotatable bonds is 2. The van der Waals surface area contributed by atoms with E-state index in [4.69, 9.17) is 0 Å². The molecule has 2 heterocycles. The van der Waals surface area contributed by atoms with Gasteiger partial charge in [-0.05, 0) is 52.4 Å². The summed E-state index contributed by atoms with van der Waals surface area (Å²) in [5.74, 6) is 0.532. The number of allylic oxidation sites excluding steroid dienone is 2. The Balaban J connectivity index is 1.89. The van der Waals surface area contributed by atoms with Gasteiger partial charge in [-0.15, -0.1) is 0 Å². The van der Waals surface area contributed by atoms with Gasteiger partial charge in [-0.3, -0.25) is 14.5 Å². The number of halogens is 1. The number of hydrogen-bond donors (Lipinski definition) is 0. The lowest BCUT2D eigenvalue weighted by atomic mass is 9.69. The zero-order valence-electron chi connectivity index (χ0n) is 16.3. The maximum absolute atomic E-state index is 13.2. The lowest BCUT2D eigenvalue weighted by Gasteiger charge is -2.42. The Kier molecular flexibility index (Phi) is 4.74. The summed E-state index contributed by atoms with van der Waals surface area (Å²) in [6.45, 7) is 6.21. The van der Waals surface area contributed by atoms with Crippen LogP contribution in [-0.4, -0.2) is 16.7 Å². The minimum atomic E-state index is -0.183. The van der Waals surface area contributed by atoms with E-state index in [1.807, 2.05) is 37.3 Å². The van der Waals surface area contributed by atoms with Crippen LogP contribution in [0.15, 0.2) is 58.3 Å². The number of benzene rings is 1. The topological polar surface area (TPSA) is 50.3 Å². The minimum Gasteiger partial charge on any atom is -0.294 e. The Morgan fingerprint density at radius 3 is 2.61 bits per heavy atom. The van der Waals surface area contributed by atoms with Crippen LogP contribution in [0.4, 0.5) is 5.82 Å². The van der Waals surface area contributed by atoms with Crippen LogP contribution in [0.3, 0.4) is 0 Å². The van der Waals surface area contributed by atoms with Gasteiger partial charge < -0.3 is 0 Å². The summed E-state index contributed by atoms with van der Waals surface area (Å²) in [4.78, 5) is 32.6. The van der Waals surface area contributed by atoms with Crippen molar-refractivity contribution in [1.82, 2.24) is 4.98 Å². The highest BCUT2D eigenvalue weighted by molar-refractivity contribution is 9.10. The van der Waals surface area contributed by atoms with Crippen LogP contribution in [0.25, 0.3) is 0 Å². The first-order chi connectivity index (χ1) is 13.2. The molecule has 0 spiro atoms. The van der Waals surface area contributed by atoms with Crippen molar-refractivity contribution >= 4 is 33.4 Å². The Morgan fingerprint density at radius 2 is 1.93 bits per heavy atom. The largest absolute Gasteiger partial charge is 0.294 e. The molecule has 0 fully saturated rings. The molecule has 1 aromatic carbocycles. The number of aromatic nitrogens is 1. The molecule has 2 aromatic rings. The van der Waals surface area contributed by atoms with Crippen molar-refractivity contribution < 1.29 is 9.59 Å². The Bertz CT molecular complexity index is 992. The van der Waals surface area contributed by atoms with Gasteiger partial charge in [0, 0.05) is 40.7 Å². The normalized spacial score (nSPS) is 21.7. The van der Waals surface area contributed by atoms with Gasteiger partial charge in [-0.1, -0.05) is 43.7 Å². The second kappa shape index (κ2) is 6.96. The van der Waals surface area contributed by atoms with Crippen LogP contribution in [0.5, 0.6) is 0 Å². The molecule has 0 saturated heterocycles. The second-order valence-corrected chi connectivity index (χ2v) is 9.45. The molecule has 1 aromatic heterocycles. The van der Waals surface area contributed by atoms with Gasteiger partial charge in [-0.2, -0.15) is 0 Å². The van der Waals surface area contributed by atoms with Crippen molar-refractivity contribution in [2.45, 2.75) is 46.0 Å². The van der Waals surface area contributed by atoms with Gasteiger partial charge >= 0.3 is 0 Å². The monoisotopic (exact) mass is 438 g/mol. The van der Waals surface area contributed by atoms with Crippen molar-refractivity contribution in [3.05, 3.63) is 69.5 Å². The summed E-state index contributed by atoms with van der Waals surface area (Å²) in [7, 11) is 0. The number of aryl methyl sites for hydroxylation is 1. The molecule has 0 saturated carbocycles. The van der Waals surface area contributed by atoms with E-state index in [1.165, 1.54) is 0 Å². The average Bonchev–Trinajstić information content (AvgIpc) is 2.61. The summed E-state index contributed by atoms with van der Waals surface area (Å²) >= 11 is 3.40. The molecule has 0 bridgehead atoms. The summed E-state index contributed by atoms with van der Waals surface area (Å²) in [5.41, 5.74) is 3.59. The fraction of sp³-hybridized carbons (Fsp3) is 0.348. The average molecular weight is 439 g/mol. The highest BCUT2D eigenvalue weighted by Gasteiger charge is 2.44. The van der Waals surface area contributed by atoms with Crippen molar-refractivity contribution in [3.8, 4) is 0 Å². The summed E-state index contributed by atoms with van der Waals surface area (Å²) in [6, 6.07) is 11.8. The first-order valence-electron chi connectivity index (χ1n) is 9.52. The predicted molar refractivity (Wildman–Crippen MR) is 113 cm³/mol. The van der Waals surface area contributed by atoms with Crippen LogP contribution < -0.4 is 4.90 Å². The van der Waals surface area contributed by atoms with E-state index < -0.39 is 0 Å². The molecule has 28 heavy (non-hydrogen) atoms. The quantitative estimate of drug-likeness (QED) is 0.637. The van der Waals surface area contributed by atoms with Crippen LogP contribution >= 0.6 is 15.9 Å². The van der Waals surface area contributed by atoms with E-state index in [-0.39, 0.29) is 29.4 Å². The highest BCUT2D eigenvalue weighted by atomic mass is 79.9. The van der Waals surface area contributed by atoms with Gasteiger partial charge in [0.25, 0.3) is 0 Å². The van der Waals surface area contributed by atoms with E-state index in [9.17, 15) is 9.59 Å². The lowest BCUT2D eigenvalue weighted by molar-refractivity contribution is -0.121. The molecular formula is C23H23BrN2O2. The Morgan fingerprint density at radius 1 is 1.14 bits per heavy atom. The van der Waals surface area contributed by atoms with Gasteiger partial charge in [0.2, 0.25) is 5.91 Å². The van der Waals surface area contributed by atoms with E-state index in [2.05, 4.69) is 40.8 Å². The third-order valence-electron chi connectivity index (χ3n) is 5.53. The van der Waals surface area contributed by atoms with Crippen LogP contribution in [0.1, 0.15) is 50.2 Å². The molecule has 144 valence electrons. The molecule has 1 amide bonds. The number of nitrogens with zero attached hydrogens (tertiary/aromatic N) is 2. The summed E-state index contributed by atoms with van der Waals surface area (Å²) in [6.07, 6.45) is 3.15. The fourth-order valence-corrected chi connectivity index (χ4v) is 4.59. The van der Waals surface area contributed by atoms with Crippen LogP contribution in [0, 0.1) is 12.3 Å². The smallest absolute Gasteiger partial charge is 0.233 e. The summed E-state index contributed by atoms with van der Waals surface area (Å²) in [5, 5.41) is 0. The van der Waals surface area contributed by atoms with Crippen LogP contribution in [0.2, 0.25) is 0 Å². The molecule has 4 rings (SSSR count). The number of ketones is 1. The Hall–Kier alpha value is -2.27. The molecule has 0 N–H and O–H groups in total. The molecule has 1 atom stereocenters. The molecule has 0 radical (unpaired) electrons. The number of amides is 1. The number of Topliss-reactive ketones (excluding diaryl/α,β-unsaturated/α-hetero) is 1. The lowest BCUT2D eigenvalue weighted by Crippen LogP contribution is -2.44. The van der Waals surface area contributed by atoms with Crippen molar-refractivity contribution in [3.63, 3.8) is 0 Å². The number of anilines is 1. The molecule has 5 heteroatoms. The first kappa shape index (κ1) is 19.1. The van der Waals surface area contributed by atoms with Gasteiger partial charge in [0.1, 0.15) is 5.82 Å². The van der Waals surface area contributed by atoms with Crippen molar-refractivity contribution in [2.75, 3.05) is 4.90 Å². The third-order valence-corrected chi connectivity index (χ3v) is 6.00. The maximum Gasteiger partial charge on any atom is 0.233 e. The fourth-order valence-electron chi connectivity index (χ4n) is 4.35. The van der Waals surface area contributed by atoms with E-state index >= 15 is 0 Å². The number of carbonyl (C=O) groups is 2. The number of pyridine rings is 1. The highest BCUT2D eigenvalue weighted by Crippen LogP contribution is 2.47. The zero-order chi connectivity index (χ0) is 20.1. The molecule has 1 unspecified atom stereocenters. The van der Waals surface area contributed by atoms with Gasteiger partial charge in [0.15, 0.2) is 5.78 Å². The molecule has 1 aliphatic carbocycles. The molecule has 2 aliphatic rings. The summed E-state index contributed by atoms with van der Waals surface area (Å²) < 4.78 is 0.854. The molecule has 4 nitrogen and oxygen atoms in total. The van der Waals surface area contributed by atoms with E-state index in [0.717, 1.165) is 26.9 Å². The third kappa shape index (κ3) is 3.44. The first-order valence-corrected chi connectivity index (χ1v) is 10.3. The zero-order valence-corrected chi connectivity index (χ0v) is 17.9. The van der Waals surface area contributed by atoms with Gasteiger partial charge in [-0.25, -0.2) is 4.98 Å². The second-order valence-electron chi connectivity index (χ2n) is 8.54. The van der Waals surface area contributed by atoms with E-state index in [0.29, 0.717) is 18.7 Å². The van der Waals surface area contributed by atoms with Crippen molar-refractivity contribution in [2.24, 2.45) is 5.41 Å². The van der Waals surface area contributed by atoms with Crippen molar-refractivity contribution in [1.29, 1.82) is 0 Å². The van der Waals surface area contributed by atoms with Crippen LogP contribution in [-0.2, 0) is 9.59 Å².